The molecule has 1 nitrogen and oxygen atoms in total. The fraction of sp³-hybridized carbons (Fsp3) is 0.478. The molecule has 0 saturated carbocycles. The maximum absolute atomic E-state index is 2.53. The van der Waals surface area contributed by atoms with Gasteiger partial charge in [-0.25, -0.2) is 0 Å². The van der Waals surface area contributed by atoms with Gasteiger partial charge in [0.05, 0.1) is 5.52 Å². The Labute approximate surface area is 147 Å². The largest absolute Gasteiger partial charge is 0.338 e. The highest BCUT2D eigenvalue weighted by Gasteiger charge is 2.20. The zero-order chi connectivity index (χ0) is 18.0. The third-order valence-corrected chi connectivity index (χ3v) is 4.66. The molecule has 130 valence electrons. The maximum atomic E-state index is 2.53. The highest BCUT2D eigenvalue weighted by Crippen LogP contribution is 2.39. The average molecular weight is 324 g/mol. The Bertz CT molecular complexity index is 819. The van der Waals surface area contributed by atoms with Crippen molar-refractivity contribution < 1.29 is 0 Å². The molecule has 0 saturated heterocycles. The molecular weight excluding hydrogens is 290 g/mol. The Morgan fingerprint density at radius 1 is 0.708 bits per heavy atom. The first-order chi connectivity index (χ1) is 11.4. The van der Waals surface area contributed by atoms with E-state index >= 15 is 0 Å². The van der Waals surface area contributed by atoms with E-state index < -0.39 is 0 Å². The van der Waals surface area contributed by atoms with E-state index in [1.54, 1.807) is 0 Å². The summed E-state index contributed by atoms with van der Waals surface area (Å²) in [6, 6.07) is 14.0. The SMILES string of the molecule is CC.CC(C)c1ccc2c3ccccc3n(C(C)C)c2c1C(C)C. The van der Waals surface area contributed by atoms with Crippen LogP contribution in [0.4, 0.5) is 0 Å². The maximum Gasteiger partial charge on any atom is 0.0531 e. The molecule has 0 aliphatic heterocycles. The van der Waals surface area contributed by atoms with Crippen molar-refractivity contribution in [3.63, 3.8) is 0 Å². The first-order valence-electron chi connectivity index (χ1n) is 9.48. The van der Waals surface area contributed by atoms with Gasteiger partial charge in [-0.2, -0.15) is 0 Å². The summed E-state index contributed by atoms with van der Waals surface area (Å²) < 4.78 is 2.53. The van der Waals surface area contributed by atoms with E-state index in [1.807, 2.05) is 13.8 Å². The Morgan fingerprint density at radius 2 is 1.33 bits per heavy atom. The van der Waals surface area contributed by atoms with E-state index in [-0.39, 0.29) is 0 Å². The predicted octanol–water partition coefficient (Wildman–Crippen LogP) is 7.65. The number of aromatic nitrogens is 1. The van der Waals surface area contributed by atoms with Gasteiger partial charge >= 0.3 is 0 Å². The van der Waals surface area contributed by atoms with Gasteiger partial charge < -0.3 is 4.57 Å². The summed E-state index contributed by atoms with van der Waals surface area (Å²) in [5.41, 5.74) is 5.82. The molecule has 0 fully saturated rings. The molecule has 0 bridgehead atoms. The molecule has 1 heteroatoms. The molecule has 1 aromatic heterocycles. The van der Waals surface area contributed by atoms with Gasteiger partial charge in [0.15, 0.2) is 0 Å². The number of rotatable bonds is 3. The van der Waals surface area contributed by atoms with E-state index in [0.717, 1.165) is 0 Å². The highest BCUT2D eigenvalue weighted by molar-refractivity contribution is 6.09. The smallest absolute Gasteiger partial charge is 0.0531 e. The summed E-state index contributed by atoms with van der Waals surface area (Å²) in [4.78, 5) is 0. The zero-order valence-corrected chi connectivity index (χ0v) is 16.6. The van der Waals surface area contributed by atoms with Crippen LogP contribution < -0.4 is 0 Å². The second-order valence-electron chi connectivity index (χ2n) is 7.25. The van der Waals surface area contributed by atoms with E-state index in [0.29, 0.717) is 17.9 Å². The van der Waals surface area contributed by atoms with Gasteiger partial charge in [0.1, 0.15) is 0 Å². The lowest BCUT2D eigenvalue weighted by atomic mass is 9.88. The van der Waals surface area contributed by atoms with Crippen molar-refractivity contribution >= 4 is 21.8 Å². The Hall–Kier alpha value is -1.76. The minimum absolute atomic E-state index is 0.460. The van der Waals surface area contributed by atoms with Crippen LogP contribution in [-0.2, 0) is 0 Å². The topological polar surface area (TPSA) is 4.93 Å². The minimum atomic E-state index is 0.460. The zero-order valence-electron chi connectivity index (χ0n) is 16.6. The predicted molar refractivity (Wildman–Crippen MR) is 109 cm³/mol. The summed E-state index contributed by atoms with van der Waals surface area (Å²) in [5.74, 6) is 1.09. The first-order valence-corrected chi connectivity index (χ1v) is 9.48. The van der Waals surface area contributed by atoms with E-state index in [4.69, 9.17) is 0 Å². The normalized spacial score (nSPS) is 11.6. The third-order valence-electron chi connectivity index (χ3n) is 4.66. The fourth-order valence-corrected chi connectivity index (χ4v) is 3.78. The molecule has 1 heterocycles. The number of hydrogen-bond acceptors (Lipinski definition) is 0. The fourth-order valence-electron chi connectivity index (χ4n) is 3.78. The number of benzene rings is 2. The Kier molecular flexibility index (Phi) is 5.74. The summed E-state index contributed by atoms with van der Waals surface area (Å²) in [6.07, 6.45) is 0. The van der Waals surface area contributed by atoms with E-state index in [1.165, 1.54) is 32.9 Å². The van der Waals surface area contributed by atoms with Crippen LogP contribution in [-0.4, -0.2) is 4.57 Å². The average Bonchev–Trinajstić information content (AvgIpc) is 2.90. The van der Waals surface area contributed by atoms with Crippen molar-refractivity contribution in [3.8, 4) is 0 Å². The first kappa shape index (κ1) is 18.6. The molecule has 0 aliphatic rings. The standard InChI is InChI=1S/C21H27N.C2H6/c1-13(2)16-11-12-18-17-9-7-8-10-19(17)22(15(5)6)21(18)20(16)14(3)4;1-2/h7-15H,1-6H3;1-2H3. The molecule has 0 amide bonds. The van der Waals surface area contributed by atoms with E-state index in [9.17, 15) is 0 Å². The van der Waals surface area contributed by atoms with Crippen molar-refractivity contribution in [1.82, 2.24) is 4.57 Å². The summed E-state index contributed by atoms with van der Waals surface area (Å²) in [6.45, 7) is 17.8. The molecule has 0 atom stereocenters. The molecule has 0 radical (unpaired) electrons. The van der Waals surface area contributed by atoms with Crippen molar-refractivity contribution in [2.24, 2.45) is 0 Å². The van der Waals surface area contributed by atoms with Crippen molar-refractivity contribution in [3.05, 3.63) is 47.5 Å². The van der Waals surface area contributed by atoms with Crippen LogP contribution in [0, 0.1) is 0 Å². The van der Waals surface area contributed by atoms with Gasteiger partial charge in [0.2, 0.25) is 0 Å². The van der Waals surface area contributed by atoms with Crippen molar-refractivity contribution in [1.29, 1.82) is 0 Å². The van der Waals surface area contributed by atoms with Crippen molar-refractivity contribution in [2.45, 2.75) is 73.3 Å². The molecule has 0 aliphatic carbocycles. The molecule has 0 unspecified atom stereocenters. The summed E-state index contributed by atoms with van der Waals surface area (Å²) in [5, 5.41) is 2.78. The molecule has 2 aromatic carbocycles. The quantitative estimate of drug-likeness (QED) is 0.466. The van der Waals surface area contributed by atoms with Gasteiger partial charge in [-0.15, -0.1) is 0 Å². The molecular formula is C23H33N. The van der Waals surface area contributed by atoms with Crippen LogP contribution in [0.5, 0.6) is 0 Å². The van der Waals surface area contributed by atoms with Crippen LogP contribution in [0.25, 0.3) is 21.8 Å². The van der Waals surface area contributed by atoms with Crippen LogP contribution in [0.3, 0.4) is 0 Å². The Morgan fingerprint density at radius 3 is 1.88 bits per heavy atom. The van der Waals surface area contributed by atoms with Crippen LogP contribution in [0.1, 0.15) is 84.4 Å². The van der Waals surface area contributed by atoms with E-state index in [2.05, 4.69) is 82.5 Å². The van der Waals surface area contributed by atoms with Crippen molar-refractivity contribution in [2.75, 3.05) is 0 Å². The second kappa shape index (κ2) is 7.42. The Balaban J connectivity index is 0.00000100. The van der Waals surface area contributed by atoms with Crippen LogP contribution >= 0.6 is 0 Å². The molecule has 24 heavy (non-hydrogen) atoms. The molecule has 3 rings (SSSR count). The lowest BCUT2D eigenvalue weighted by molar-refractivity contribution is 0.637. The van der Waals surface area contributed by atoms with Gasteiger partial charge in [-0.1, -0.05) is 71.9 Å². The van der Waals surface area contributed by atoms with Gasteiger partial charge in [-0.05, 0) is 42.9 Å². The number of fused-ring (bicyclic) bond motifs is 3. The number of para-hydroxylation sites is 1. The monoisotopic (exact) mass is 323 g/mol. The van der Waals surface area contributed by atoms with Gasteiger partial charge in [-0.3, -0.25) is 0 Å². The number of nitrogens with zero attached hydrogens (tertiary/aromatic N) is 1. The minimum Gasteiger partial charge on any atom is -0.338 e. The van der Waals surface area contributed by atoms with Gasteiger partial charge in [0, 0.05) is 22.3 Å². The number of hydrogen-bond donors (Lipinski definition) is 0. The molecule has 0 N–H and O–H groups in total. The lowest BCUT2D eigenvalue weighted by Gasteiger charge is -2.21. The lowest BCUT2D eigenvalue weighted by Crippen LogP contribution is -2.06. The third kappa shape index (κ3) is 2.97. The summed E-state index contributed by atoms with van der Waals surface area (Å²) >= 11 is 0. The van der Waals surface area contributed by atoms with Crippen LogP contribution in [0.15, 0.2) is 36.4 Å². The molecule has 0 spiro atoms. The van der Waals surface area contributed by atoms with Gasteiger partial charge in [0.25, 0.3) is 0 Å². The second-order valence-corrected chi connectivity index (χ2v) is 7.25. The van der Waals surface area contributed by atoms with Crippen LogP contribution in [0.2, 0.25) is 0 Å². The molecule has 3 aromatic rings. The highest BCUT2D eigenvalue weighted by atomic mass is 15.0. The summed E-state index contributed by atoms with van der Waals surface area (Å²) in [7, 11) is 0.